The lowest BCUT2D eigenvalue weighted by Gasteiger charge is -2.39. The maximum atomic E-state index is 13.7. The van der Waals surface area contributed by atoms with Crippen LogP contribution in [0.4, 0.5) is 0 Å². The molecule has 1 aliphatic carbocycles. The van der Waals surface area contributed by atoms with Gasteiger partial charge in [-0.3, -0.25) is 14.4 Å². The maximum absolute atomic E-state index is 13.7. The molecule has 3 aliphatic heterocycles. The van der Waals surface area contributed by atoms with Gasteiger partial charge in [-0.15, -0.1) is 11.8 Å². The number of likely N-dealkylation sites (tertiary alicyclic amines) is 1. The van der Waals surface area contributed by atoms with Crippen LogP contribution in [0.3, 0.4) is 0 Å². The SMILES string of the molecule is CNC(=O)[C@@H]1[C@@H]2CC(C)C3(S2)C(C(=O)NC2CCCCC2)N(CCCCO)C(=O)[C@H]13. The average Bonchev–Trinajstić information content (AvgIpc) is 3.32. The number of unbranched alkanes of at least 4 members (excludes halogenated alkanes) is 1. The van der Waals surface area contributed by atoms with Gasteiger partial charge in [0.05, 0.1) is 16.6 Å². The van der Waals surface area contributed by atoms with Crippen LogP contribution < -0.4 is 10.6 Å². The Balaban J connectivity index is 1.66. The van der Waals surface area contributed by atoms with Crippen molar-refractivity contribution in [2.45, 2.75) is 80.4 Å². The van der Waals surface area contributed by atoms with Gasteiger partial charge >= 0.3 is 0 Å². The molecule has 6 atom stereocenters. The lowest BCUT2D eigenvalue weighted by Crippen LogP contribution is -2.58. The third-order valence-electron chi connectivity index (χ3n) is 7.80. The number of hydrogen-bond donors (Lipinski definition) is 3. The molecule has 3 heterocycles. The highest BCUT2D eigenvalue weighted by molar-refractivity contribution is 8.02. The quantitative estimate of drug-likeness (QED) is 0.522. The normalized spacial score (nSPS) is 38.0. The topological polar surface area (TPSA) is 98.7 Å². The zero-order chi connectivity index (χ0) is 21.5. The third kappa shape index (κ3) is 3.34. The van der Waals surface area contributed by atoms with E-state index in [4.69, 9.17) is 0 Å². The molecule has 3 saturated heterocycles. The molecule has 7 nitrogen and oxygen atoms in total. The third-order valence-corrected chi connectivity index (χ3v) is 9.88. The number of hydrogen-bond acceptors (Lipinski definition) is 5. The lowest BCUT2D eigenvalue weighted by atomic mass is 9.66. The van der Waals surface area contributed by atoms with Gasteiger partial charge in [-0.2, -0.15) is 0 Å². The molecule has 1 spiro atoms. The number of nitrogens with zero attached hydrogens (tertiary/aromatic N) is 1. The summed E-state index contributed by atoms with van der Waals surface area (Å²) in [6.45, 7) is 2.67. The second kappa shape index (κ2) is 8.69. The number of nitrogens with one attached hydrogen (secondary N) is 2. The van der Waals surface area contributed by atoms with Crippen molar-refractivity contribution in [3.63, 3.8) is 0 Å². The largest absolute Gasteiger partial charge is 0.396 e. The van der Waals surface area contributed by atoms with Gasteiger partial charge in [0, 0.05) is 31.5 Å². The molecule has 0 aromatic carbocycles. The van der Waals surface area contributed by atoms with E-state index in [1.165, 1.54) is 6.42 Å². The van der Waals surface area contributed by atoms with Crippen molar-refractivity contribution in [3.8, 4) is 0 Å². The molecule has 2 bridgehead atoms. The first-order chi connectivity index (χ1) is 14.5. The van der Waals surface area contributed by atoms with Crippen LogP contribution in [-0.2, 0) is 14.4 Å². The van der Waals surface area contributed by atoms with Crippen LogP contribution in [0.5, 0.6) is 0 Å². The number of carbonyl (C=O) groups excluding carboxylic acids is 3. The molecule has 0 aromatic rings. The van der Waals surface area contributed by atoms with Gasteiger partial charge in [0.2, 0.25) is 17.7 Å². The predicted molar refractivity (Wildman–Crippen MR) is 116 cm³/mol. The Morgan fingerprint density at radius 3 is 2.60 bits per heavy atom. The van der Waals surface area contributed by atoms with Crippen molar-refractivity contribution in [1.82, 2.24) is 15.5 Å². The first kappa shape index (κ1) is 21.9. The molecule has 3 unspecified atom stereocenters. The lowest BCUT2D eigenvalue weighted by molar-refractivity contribution is -0.140. The van der Waals surface area contributed by atoms with E-state index in [0.29, 0.717) is 19.4 Å². The van der Waals surface area contributed by atoms with E-state index >= 15 is 0 Å². The molecule has 0 aromatic heterocycles. The number of carbonyl (C=O) groups is 3. The second-order valence-corrected chi connectivity index (χ2v) is 11.0. The molecule has 3 amide bonds. The van der Waals surface area contributed by atoms with Gasteiger partial charge < -0.3 is 20.6 Å². The number of thioether (sulfide) groups is 1. The summed E-state index contributed by atoms with van der Waals surface area (Å²) in [6.07, 6.45) is 7.61. The molecular formula is C22H35N3O4S. The van der Waals surface area contributed by atoms with E-state index in [-0.39, 0.29) is 47.5 Å². The summed E-state index contributed by atoms with van der Waals surface area (Å²) in [4.78, 5) is 41.8. The number of fused-ring (bicyclic) bond motifs is 1. The molecule has 8 heteroatoms. The van der Waals surface area contributed by atoms with Crippen molar-refractivity contribution < 1.29 is 19.5 Å². The predicted octanol–water partition coefficient (Wildman–Crippen LogP) is 1.29. The van der Waals surface area contributed by atoms with Crippen LogP contribution in [0.25, 0.3) is 0 Å². The minimum absolute atomic E-state index is 0.0423. The molecule has 4 fully saturated rings. The summed E-state index contributed by atoms with van der Waals surface area (Å²) in [5, 5.41) is 15.3. The Morgan fingerprint density at radius 1 is 1.20 bits per heavy atom. The monoisotopic (exact) mass is 437 g/mol. The summed E-state index contributed by atoms with van der Waals surface area (Å²) < 4.78 is -0.531. The molecule has 0 radical (unpaired) electrons. The summed E-state index contributed by atoms with van der Waals surface area (Å²) >= 11 is 1.72. The first-order valence-electron chi connectivity index (χ1n) is 11.6. The van der Waals surface area contributed by atoms with Crippen LogP contribution in [0.1, 0.15) is 58.3 Å². The summed E-state index contributed by atoms with van der Waals surface area (Å²) in [5.41, 5.74) is 0. The van der Waals surface area contributed by atoms with Crippen LogP contribution >= 0.6 is 11.8 Å². The Kier molecular flexibility index (Phi) is 6.35. The van der Waals surface area contributed by atoms with Crippen LogP contribution in [-0.4, -0.2) is 70.0 Å². The van der Waals surface area contributed by atoms with Gasteiger partial charge in [-0.1, -0.05) is 26.2 Å². The standard InChI is InChI=1S/C22H35N3O4S/c1-13-12-15-16(19(27)23-2)17-21(29)25(10-6-7-11-26)18(22(13,17)30-15)20(28)24-14-8-4-3-5-9-14/h13-18,26H,3-12H2,1-2H3,(H,23,27)(H,24,28)/t13?,15-,16+,17-,18?,22?/m0/s1. The van der Waals surface area contributed by atoms with Gasteiger partial charge in [-0.25, -0.2) is 0 Å². The summed E-state index contributed by atoms with van der Waals surface area (Å²) in [5.74, 6) is -0.772. The minimum atomic E-state index is -0.532. The fourth-order valence-corrected chi connectivity index (χ4v) is 8.87. The Labute approximate surface area is 183 Å². The number of rotatable bonds is 7. The molecule has 168 valence electrons. The highest BCUT2D eigenvalue weighted by Gasteiger charge is 2.75. The van der Waals surface area contributed by atoms with E-state index in [9.17, 15) is 19.5 Å². The van der Waals surface area contributed by atoms with E-state index in [0.717, 1.165) is 32.1 Å². The highest BCUT2D eigenvalue weighted by atomic mass is 32.2. The number of aliphatic hydroxyl groups is 1. The van der Waals surface area contributed by atoms with Gasteiger partial charge in [-0.05, 0) is 38.0 Å². The molecule has 3 N–H and O–H groups in total. The average molecular weight is 438 g/mol. The Bertz CT molecular complexity index is 698. The molecule has 30 heavy (non-hydrogen) atoms. The van der Waals surface area contributed by atoms with E-state index < -0.39 is 16.7 Å². The molecule has 4 rings (SSSR count). The Morgan fingerprint density at radius 2 is 1.93 bits per heavy atom. The molecule has 1 saturated carbocycles. The maximum Gasteiger partial charge on any atom is 0.244 e. The minimum Gasteiger partial charge on any atom is -0.396 e. The van der Waals surface area contributed by atoms with Crippen molar-refractivity contribution >= 4 is 29.5 Å². The zero-order valence-electron chi connectivity index (χ0n) is 18.1. The summed E-state index contributed by atoms with van der Waals surface area (Å²) in [6, 6.07) is -0.347. The van der Waals surface area contributed by atoms with Crippen molar-refractivity contribution in [1.29, 1.82) is 0 Å². The zero-order valence-corrected chi connectivity index (χ0v) is 18.9. The first-order valence-corrected chi connectivity index (χ1v) is 12.4. The molecular weight excluding hydrogens is 402 g/mol. The van der Waals surface area contributed by atoms with Crippen molar-refractivity contribution in [2.75, 3.05) is 20.2 Å². The van der Waals surface area contributed by atoms with Crippen molar-refractivity contribution in [2.24, 2.45) is 17.8 Å². The fourth-order valence-electron chi connectivity index (χ4n) is 6.45. The van der Waals surface area contributed by atoms with Crippen LogP contribution in [0, 0.1) is 17.8 Å². The smallest absolute Gasteiger partial charge is 0.244 e. The fraction of sp³-hybridized carbons (Fsp3) is 0.864. The van der Waals surface area contributed by atoms with Crippen LogP contribution in [0.15, 0.2) is 0 Å². The number of amides is 3. The summed E-state index contributed by atoms with van der Waals surface area (Å²) in [7, 11) is 1.63. The van der Waals surface area contributed by atoms with Crippen LogP contribution in [0.2, 0.25) is 0 Å². The van der Waals surface area contributed by atoms with Crippen molar-refractivity contribution in [3.05, 3.63) is 0 Å². The Hall–Kier alpha value is -1.28. The molecule has 4 aliphatic rings. The van der Waals surface area contributed by atoms with Gasteiger partial charge in [0.15, 0.2) is 0 Å². The van der Waals surface area contributed by atoms with Gasteiger partial charge in [0.25, 0.3) is 0 Å². The highest BCUT2D eigenvalue weighted by Crippen LogP contribution is 2.68. The van der Waals surface area contributed by atoms with Gasteiger partial charge in [0.1, 0.15) is 6.04 Å². The van der Waals surface area contributed by atoms with E-state index in [1.807, 2.05) is 0 Å². The number of aliphatic hydroxyl groups excluding tert-OH is 1. The van der Waals surface area contributed by atoms with E-state index in [2.05, 4.69) is 17.6 Å². The van der Waals surface area contributed by atoms with E-state index in [1.54, 1.807) is 23.7 Å². The second-order valence-electron chi connectivity index (χ2n) is 9.47.